The van der Waals surface area contributed by atoms with Gasteiger partial charge in [0.15, 0.2) is 6.29 Å². The standard InChI is InChI=1S/C72H133NO10/c1-3-5-7-9-11-13-15-17-19-21-23-25-27-28-29-30-31-32-33-34-35-36-37-38-40-42-44-46-48-50-52-54-56-58-60-65(76)71(81)73-63(62-82-72-70(80)69(79)68(78)66(61-74)83-72)67(77)64(75)59-57-55-53-51-49-47-45-43-41-39-26-24-22-20-18-16-14-12-10-8-6-4-2/h24,26-28,30-31,43,45,51,53,63-70,72,74-80H,3-23,25,29,32-42,44,46-50,52,54-62H2,1-2H3,(H,73,81)/b26-24+,28-27-,31-30-,45-43+,53-51+. The molecule has 1 rings (SSSR count). The third-order valence-corrected chi connectivity index (χ3v) is 16.7. The molecule has 1 amide bonds. The summed E-state index contributed by atoms with van der Waals surface area (Å²) in [5.74, 6) is -0.710. The number of carbonyl (C=O) groups excluding carboxylic acids is 1. The van der Waals surface area contributed by atoms with Crippen molar-refractivity contribution in [2.24, 2.45) is 0 Å². The van der Waals surface area contributed by atoms with Crippen LogP contribution in [0.15, 0.2) is 60.8 Å². The van der Waals surface area contributed by atoms with Crippen LogP contribution in [0.3, 0.4) is 0 Å². The molecule has 486 valence electrons. The van der Waals surface area contributed by atoms with E-state index >= 15 is 0 Å². The van der Waals surface area contributed by atoms with Gasteiger partial charge < -0.3 is 50.5 Å². The lowest BCUT2D eigenvalue weighted by Crippen LogP contribution is -2.60. The zero-order chi connectivity index (χ0) is 60.3. The summed E-state index contributed by atoms with van der Waals surface area (Å²) < 4.78 is 11.2. The second kappa shape index (κ2) is 60.1. The smallest absolute Gasteiger partial charge is 0.249 e. The number of aliphatic hydroxyl groups excluding tert-OH is 7. The molecule has 0 aromatic rings. The van der Waals surface area contributed by atoms with E-state index in [4.69, 9.17) is 9.47 Å². The van der Waals surface area contributed by atoms with Crippen molar-refractivity contribution in [1.29, 1.82) is 0 Å². The Morgan fingerprint density at radius 1 is 0.422 bits per heavy atom. The summed E-state index contributed by atoms with van der Waals surface area (Å²) in [7, 11) is 0. The number of unbranched alkanes of at least 4 members (excludes halogenated alkanes) is 39. The van der Waals surface area contributed by atoms with Crippen molar-refractivity contribution in [3.63, 3.8) is 0 Å². The Morgan fingerprint density at radius 3 is 1.14 bits per heavy atom. The first-order chi connectivity index (χ1) is 40.7. The molecule has 0 saturated carbocycles. The van der Waals surface area contributed by atoms with Gasteiger partial charge >= 0.3 is 0 Å². The normalized spacial score (nSPS) is 19.4. The summed E-state index contributed by atoms with van der Waals surface area (Å²) >= 11 is 0. The summed E-state index contributed by atoms with van der Waals surface area (Å²) in [6.45, 7) is 3.47. The van der Waals surface area contributed by atoms with Crippen molar-refractivity contribution in [1.82, 2.24) is 5.32 Å². The van der Waals surface area contributed by atoms with Crippen LogP contribution < -0.4 is 5.32 Å². The molecule has 11 nitrogen and oxygen atoms in total. The van der Waals surface area contributed by atoms with Gasteiger partial charge in [-0.05, 0) is 96.3 Å². The highest BCUT2D eigenvalue weighted by molar-refractivity contribution is 5.80. The number of amides is 1. The molecule has 9 atom stereocenters. The van der Waals surface area contributed by atoms with Crippen molar-refractivity contribution < 1.29 is 50.0 Å². The summed E-state index contributed by atoms with van der Waals surface area (Å²) in [6.07, 6.45) is 68.8. The third-order valence-electron chi connectivity index (χ3n) is 16.7. The summed E-state index contributed by atoms with van der Waals surface area (Å²) in [6, 6.07) is -1.20. The van der Waals surface area contributed by atoms with Crippen molar-refractivity contribution >= 4 is 5.91 Å². The molecule has 0 aromatic heterocycles. The fourth-order valence-corrected chi connectivity index (χ4v) is 11.1. The number of carbonyl (C=O) groups is 1. The summed E-state index contributed by atoms with van der Waals surface area (Å²) in [5.41, 5.74) is 0. The molecule has 1 heterocycles. The summed E-state index contributed by atoms with van der Waals surface area (Å²) in [4.78, 5) is 13.2. The Morgan fingerprint density at radius 2 is 0.759 bits per heavy atom. The zero-order valence-corrected chi connectivity index (χ0v) is 53.7. The van der Waals surface area contributed by atoms with Crippen LogP contribution in [0.4, 0.5) is 0 Å². The van der Waals surface area contributed by atoms with E-state index in [2.05, 4.69) is 79.9 Å². The van der Waals surface area contributed by atoms with Gasteiger partial charge in [-0.15, -0.1) is 0 Å². The highest BCUT2D eigenvalue weighted by Crippen LogP contribution is 2.24. The maximum Gasteiger partial charge on any atom is 0.249 e. The first-order valence-corrected chi connectivity index (χ1v) is 35.2. The molecular formula is C72H133NO10. The molecular weight excluding hydrogens is 1040 g/mol. The molecule has 0 aliphatic carbocycles. The number of rotatable bonds is 61. The maximum absolute atomic E-state index is 13.2. The number of nitrogens with one attached hydrogen (secondary N) is 1. The Labute approximate surface area is 510 Å². The van der Waals surface area contributed by atoms with E-state index in [0.29, 0.717) is 19.3 Å². The van der Waals surface area contributed by atoms with Gasteiger partial charge in [0.1, 0.15) is 36.6 Å². The van der Waals surface area contributed by atoms with Crippen molar-refractivity contribution in [3.8, 4) is 0 Å². The number of aliphatic hydroxyl groups is 7. The number of hydrogen-bond acceptors (Lipinski definition) is 10. The minimum absolute atomic E-state index is 0.240. The highest BCUT2D eigenvalue weighted by Gasteiger charge is 2.44. The van der Waals surface area contributed by atoms with Gasteiger partial charge in [-0.25, -0.2) is 0 Å². The Balaban J connectivity index is 2.21. The van der Waals surface area contributed by atoms with Gasteiger partial charge in [0.05, 0.1) is 25.4 Å². The van der Waals surface area contributed by atoms with Crippen LogP contribution in [0.1, 0.15) is 322 Å². The van der Waals surface area contributed by atoms with Crippen LogP contribution in [-0.4, -0.2) is 110 Å². The molecule has 0 bridgehead atoms. The number of allylic oxidation sites excluding steroid dienone is 10. The van der Waals surface area contributed by atoms with E-state index in [9.17, 15) is 40.5 Å². The average Bonchev–Trinajstić information content (AvgIpc) is 3.68. The number of hydrogen-bond donors (Lipinski definition) is 8. The molecule has 8 N–H and O–H groups in total. The van der Waals surface area contributed by atoms with E-state index < -0.39 is 74.2 Å². The molecule has 1 fully saturated rings. The second-order valence-corrected chi connectivity index (χ2v) is 24.6. The molecule has 0 aromatic carbocycles. The first kappa shape index (κ1) is 78.8. The Kier molecular flexibility index (Phi) is 57.1. The third kappa shape index (κ3) is 47.5. The van der Waals surface area contributed by atoms with Gasteiger partial charge in [0, 0.05) is 0 Å². The highest BCUT2D eigenvalue weighted by atomic mass is 16.7. The van der Waals surface area contributed by atoms with Crippen molar-refractivity contribution in [2.75, 3.05) is 13.2 Å². The molecule has 83 heavy (non-hydrogen) atoms. The molecule has 9 unspecified atom stereocenters. The minimum Gasteiger partial charge on any atom is -0.394 e. The molecule has 11 heteroatoms. The first-order valence-electron chi connectivity index (χ1n) is 35.2. The zero-order valence-electron chi connectivity index (χ0n) is 53.7. The maximum atomic E-state index is 13.2. The predicted molar refractivity (Wildman–Crippen MR) is 348 cm³/mol. The van der Waals surface area contributed by atoms with Crippen LogP contribution in [-0.2, 0) is 14.3 Å². The lowest BCUT2D eigenvalue weighted by molar-refractivity contribution is -0.303. The van der Waals surface area contributed by atoms with Crippen LogP contribution in [0.5, 0.6) is 0 Å². The minimum atomic E-state index is -1.68. The largest absolute Gasteiger partial charge is 0.394 e. The SMILES string of the molecule is CCCCCCCCCCC/C=C/CC/C=C/CC/C=C/CCCC(O)C(O)C(COC1OC(CO)C(O)C(O)C1O)NC(=O)C(O)CCCCCCCCCCCCCCCCCC/C=C\C/C=C\CCCCCCCCCCCCC. The molecule has 1 aliphatic rings. The topological polar surface area (TPSA) is 189 Å². The quantitative estimate of drug-likeness (QED) is 0.0215. The monoisotopic (exact) mass is 1170 g/mol. The Hall–Kier alpha value is -2.19. The van der Waals surface area contributed by atoms with Crippen LogP contribution in [0.2, 0.25) is 0 Å². The van der Waals surface area contributed by atoms with Gasteiger partial charge in [0.25, 0.3) is 0 Å². The Bertz CT molecular complexity index is 1530. The van der Waals surface area contributed by atoms with E-state index in [1.807, 2.05) is 0 Å². The van der Waals surface area contributed by atoms with E-state index in [0.717, 1.165) is 51.4 Å². The van der Waals surface area contributed by atoms with Gasteiger partial charge in [0.2, 0.25) is 5.91 Å². The number of ether oxygens (including phenoxy) is 2. The van der Waals surface area contributed by atoms with E-state index in [1.165, 1.54) is 225 Å². The molecule has 1 aliphatic heterocycles. The lowest BCUT2D eigenvalue weighted by atomic mass is 9.98. The van der Waals surface area contributed by atoms with Crippen molar-refractivity contribution in [2.45, 2.75) is 377 Å². The molecule has 1 saturated heterocycles. The van der Waals surface area contributed by atoms with Gasteiger partial charge in [-0.2, -0.15) is 0 Å². The van der Waals surface area contributed by atoms with Crippen LogP contribution >= 0.6 is 0 Å². The van der Waals surface area contributed by atoms with Crippen molar-refractivity contribution in [3.05, 3.63) is 60.8 Å². The van der Waals surface area contributed by atoms with E-state index in [1.54, 1.807) is 0 Å². The van der Waals surface area contributed by atoms with Crippen LogP contribution in [0.25, 0.3) is 0 Å². The average molecular weight is 1170 g/mol. The molecule has 0 radical (unpaired) electrons. The molecule has 0 spiro atoms. The van der Waals surface area contributed by atoms with Crippen LogP contribution in [0, 0.1) is 0 Å². The summed E-state index contributed by atoms with van der Waals surface area (Å²) in [5, 5.41) is 76.4. The fraction of sp³-hybridized carbons (Fsp3) is 0.847. The van der Waals surface area contributed by atoms with Gasteiger partial charge in [-0.1, -0.05) is 286 Å². The fourth-order valence-electron chi connectivity index (χ4n) is 11.1. The predicted octanol–water partition coefficient (Wildman–Crippen LogP) is 16.9. The van der Waals surface area contributed by atoms with E-state index in [-0.39, 0.29) is 12.8 Å². The second-order valence-electron chi connectivity index (χ2n) is 24.6. The lowest BCUT2D eigenvalue weighted by Gasteiger charge is -2.40. The van der Waals surface area contributed by atoms with Gasteiger partial charge in [-0.3, -0.25) is 4.79 Å².